The van der Waals surface area contributed by atoms with Gasteiger partial charge in [-0.15, -0.1) is 0 Å². The summed E-state index contributed by atoms with van der Waals surface area (Å²) >= 11 is 0. The zero-order valence-corrected chi connectivity index (χ0v) is 20.1. The normalized spacial score (nSPS) is 19.0. The summed E-state index contributed by atoms with van der Waals surface area (Å²) in [6.45, 7) is 3.37. The Bertz CT molecular complexity index is 957. The number of rotatable bonds is 4. The molecule has 6 nitrogen and oxygen atoms in total. The summed E-state index contributed by atoms with van der Waals surface area (Å²) < 4.78 is 0. The van der Waals surface area contributed by atoms with Crippen molar-refractivity contribution in [2.75, 3.05) is 24.5 Å². The quantitative estimate of drug-likeness (QED) is 0.623. The average molecular weight is 464 g/mol. The lowest BCUT2D eigenvalue weighted by Crippen LogP contribution is -2.35. The molecule has 0 atom stereocenters. The molecule has 1 amide bonds. The Morgan fingerprint density at radius 2 is 1.53 bits per heavy atom. The minimum atomic E-state index is -0.931. The molecular formula is C28H37N3O3. The maximum Gasteiger partial charge on any atom is 0.335 e. The minimum absolute atomic E-state index is 0.0531. The number of aromatic nitrogens is 1. The first-order chi connectivity index (χ1) is 16.6. The molecule has 1 saturated carbocycles. The van der Waals surface area contributed by atoms with E-state index in [9.17, 15) is 14.7 Å². The number of fused-ring (bicyclic) bond motifs is 1. The van der Waals surface area contributed by atoms with Gasteiger partial charge < -0.3 is 10.0 Å². The first-order valence-corrected chi connectivity index (χ1v) is 12.9. The zero-order chi connectivity index (χ0) is 23.8. The molecule has 1 aliphatic heterocycles. The van der Waals surface area contributed by atoms with Crippen molar-refractivity contribution in [1.82, 2.24) is 9.88 Å². The van der Waals surface area contributed by atoms with Gasteiger partial charge in [0.25, 0.3) is 5.91 Å². The van der Waals surface area contributed by atoms with E-state index in [0.717, 1.165) is 37.2 Å². The van der Waals surface area contributed by atoms with Crippen molar-refractivity contribution in [1.29, 1.82) is 0 Å². The predicted molar refractivity (Wildman–Crippen MR) is 134 cm³/mol. The molecule has 0 bridgehead atoms. The van der Waals surface area contributed by atoms with Crippen molar-refractivity contribution in [3.05, 3.63) is 59.4 Å². The van der Waals surface area contributed by atoms with Crippen LogP contribution in [0.15, 0.2) is 42.7 Å². The van der Waals surface area contributed by atoms with Crippen molar-refractivity contribution < 1.29 is 14.7 Å². The summed E-state index contributed by atoms with van der Waals surface area (Å²) in [7, 11) is 0. The number of hydrogen-bond acceptors (Lipinski definition) is 4. The van der Waals surface area contributed by atoms with E-state index in [1.807, 2.05) is 11.0 Å². The lowest BCUT2D eigenvalue weighted by molar-refractivity contribution is 0.0696. The van der Waals surface area contributed by atoms with Crippen LogP contribution in [-0.2, 0) is 6.54 Å². The summed E-state index contributed by atoms with van der Waals surface area (Å²) in [5.74, 6) is -0.273. The zero-order valence-electron chi connectivity index (χ0n) is 20.1. The standard InChI is InChI=1S/C28H37N3O3/c32-27(23-13-15-29-16-14-23)31-18-8-3-1-2-7-17-30(20-22-9-5-4-6-10-22)21-25-19-24(28(33)34)11-12-26(25)31/h11-16,19,22H,1-10,17-18,20-21H2,(H,33,34). The van der Waals surface area contributed by atoms with E-state index in [4.69, 9.17) is 0 Å². The number of nitrogens with zero attached hydrogens (tertiary/aromatic N) is 3. The molecule has 0 radical (unpaired) electrons. The van der Waals surface area contributed by atoms with Crippen molar-refractivity contribution in [3.8, 4) is 0 Å². The maximum atomic E-state index is 13.6. The average Bonchev–Trinajstić information content (AvgIpc) is 2.86. The molecule has 0 unspecified atom stereocenters. The summed E-state index contributed by atoms with van der Waals surface area (Å²) in [6.07, 6.45) is 15.4. The van der Waals surface area contributed by atoms with Crippen LogP contribution in [0.4, 0.5) is 5.69 Å². The van der Waals surface area contributed by atoms with Gasteiger partial charge in [0, 0.05) is 43.3 Å². The van der Waals surface area contributed by atoms with Gasteiger partial charge in [0.2, 0.25) is 0 Å². The number of carbonyl (C=O) groups is 2. The molecule has 0 spiro atoms. The predicted octanol–water partition coefficient (Wildman–Crippen LogP) is 5.77. The third-order valence-electron chi connectivity index (χ3n) is 7.28. The van der Waals surface area contributed by atoms with Gasteiger partial charge in [-0.25, -0.2) is 4.79 Å². The Kier molecular flexibility index (Phi) is 8.69. The van der Waals surface area contributed by atoms with Crippen molar-refractivity contribution in [3.63, 3.8) is 0 Å². The topological polar surface area (TPSA) is 73.7 Å². The van der Waals surface area contributed by atoms with Gasteiger partial charge in [-0.3, -0.25) is 14.7 Å². The second-order valence-electron chi connectivity index (χ2n) is 9.85. The molecule has 0 saturated heterocycles. The third kappa shape index (κ3) is 6.44. The molecule has 34 heavy (non-hydrogen) atoms. The molecule has 2 aliphatic rings. The minimum Gasteiger partial charge on any atom is -0.478 e. The molecule has 2 aromatic rings. The van der Waals surface area contributed by atoms with Gasteiger partial charge in [0.15, 0.2) is 0 Å². The number of aromatic carboxylic acids is 1. The van der Waals surface area contributed by atoms with E-state index in [2.05, 4.69) is 9.88 Å². The highest BCUT2D eigenvalue weighted by atomic mass is 16.4. The molecule has 2 heterocycles. The number of amides is 1. The van der Waals surface area contributed by atoms with Crippen LogP contribution in [0.3, 0.4) is 0 Å². The number of hydrogen-bond donors (Lipinski definition) is 1. The summed E-state index contributed by atoms with van der Waals surface area (Å²) in [4.78, 5) is 33.8. The van der Waals surface area contributed by atoms with Crippen LogP contribution < -0.4 is 4.90 Å². The second kappa shape index (κ2) is 12.1. The van der Waals surface area contributed by atoms with Crippen LogP contribution in [0.1, 0.15) is 90.5 Å². The lowest BCUT2D eigenvalue weighted by atomic mass is 9.88. The molecular weight excluding hydrogens is 426 g/mol. The lowest BCUT2D eigenvalue weighted by Gasteiger charge is -2.32. The SMILES string of the molecule is O=C(O)c1ccc2c(c1)CN(CC1CCCCC1)CCCCCCCN2C(=O)c1ccncc1. The molecule has 4 rings (SSSR count). The Balaban J connectivity index is 1.68. The van der Waals surface area contributed by atoms with E-state index in [1.165, 1.54) is 51.4 Å². The van der Waals surface area contributed by atoms with E-state index in [1.54, 1.807) is 36.7 Å². The van der Waals surface area contributed by atoms with Gasteiger partial charge in [0.05, 0.1) is 5.56 Å². The molecule has 1 N–H and O–H groups in total. The van der Waals surface area contributed by atoms with Gasteiger partial charge >= 0.3 is 5.97 Å². The molecule has 1 fully saturated rings. The Labute approximate surface area is 203 Å². The first kappa shape index (κ1) is 24.4. The maximum absolute atomic E-state index is 13.6. The highest BCUT2D eigenvalue weighted by Crippen LogP contribution is 2.29. The van der Waals surface area contributed by atoms with Gasteiger partial charge in [0.1, 0.15) is 0 Å². The van der Waals surface area contributed by atoms with Crippen molar-refractivity contribution in [2.45, 2.75) is 70.8 Å². The molecule has 1 aliphatic carbocycles. The summed E-state index contributed by atoms with van der Waals surface area (Å²) in [5, 5.41) is 9.67. The number of benzene rings is 1. The monoisotopic (exact) mass is 463 g/mol. The number of anilines is 1. The highest BCUT2D eigenvalue weighted by molar-refractivity contribution is 6.06. The first-order valence-electron chi connectivity index (χ1n) is 12.9. The van der Waals surface area contributed by atoms with E-state index < -0.39 is 5.97 Å². The van der Waals surface area contributed by atoms with Crippen LogP contribution >= 0.6 is 0 Å². The van der Waals surface area contributed by atoms with Gasteiger partial charge in [-0.2, -0.15) is 0 Å². The van der Waals surface area contributed by atoms with Crippen LogP contribution in [0, 0.1) is 5.92 Å². The summed E-state index contributed by atoms with van der Waals surface area (Å²) in [6, 6.07) is 8.75. The fourth-order valence-corrected chi connectivity index (χ4v) is 5.44. The Morgan fingerprint density at radius 1 is 0.853 bits per heavy atom. The highest BCUT2D eigenvalue weighted by Gasteiger charge is 2.24. The van der Waals surface area contributed by atoms with Crippen LogP contribution in [0.25, 0.3) is 0 Å². The van der Waals surface area contributed by atoms with E-state index >= 15 is 0 Å². The second-order valence-corrected chi connectivity index (χ2v) is 9.85. The Hall–Kier alpha value is -2.73. The van der Waals surface area contributed by atoms with Crippen molar-refractivity contribution >= 4 is 17.6 Å². The molecule has 1 aromatic carbocycles. The van der Waals surface area contributed by atoms with E-state index in [-0.39, 0.29) is 11.5 Å². The fraction of sp³-hybridized carbons (Fsp3) is 0.536. The number of carbonyl (C=O) groups excluding carboxylic acids is 1. The Morgan fingerprint density at radius 3 is 2.26 bits per heavy atom. The van der Waals surface area contributed by atoms with E-state index in [0.29, 0.717) is 24.6 Å². The largest absolute Gasteiger partial charge is 0.478 e. The van der Waals surface area contributed by atoms with Crippen LogP contribution in [0.2, 0.25) is 0 Å². The third-order valence-corrected chi connectivity index (χ3v) is 7.28. The van der Waals surface area contributed by atoms with Gasteiger partial charge in [-0.05, 0) is 74.0 Å². The number of pyridine rings is 1. The molecule has 1 aromatic heterocycles. The van der Waals surface area contributed by atoms with Crippen molar-refractivity contribution in [2.24, 2.45) is 5.92 Å². The number of carboxylic acid groups (broad SMARTS) is 1. The fourth-order valence-electron chi connectivity index (χ4n) is 5.44. The smallest absolute Gasteiger partial charge is 0.335 e. The van der Waals surface area contributed by atoms with Crippen LogP contribution in [-0.4, -0.2) is 46.5 Å². The van der Waals surface area contributed by atoms with Gasteiger partial charge in [-0.1, -0.05) is 38.5 Å². The molecule has 182 valence electrons. The summed E-state index contributed by atoms with van der Waals surface area (Å²) in [5.41, 5.74) is 2.65. The molecule has 6 heteroatoms. The van der Waals surface area contributed by atoms with Crippen LogP contribution in [0.5, 0.6) is 0 Å². The number of carboxylic acids is 1.